The molecular weight excluding hydrogens is 322 g/mol. The summed E-state index contributed by atoms with van der Waals surface area (Å²) in [6.45, 7) is 4.01. The lowest BCUT2D eigenvalue weighted by Crippen LogP contribution is -2.22. The molecule has 0 aliphatic carbocycles. The maximum absolute atomic E-state index is 12.1. The number of nitrogens with zero attached hydrogens (tertiary/aromatic N) is 5. The Bertz CT molecular complexity index is 740. The second-order valence-electron chi connectivity index (χ2n) is 5.22. The van der Waals surface area contributed by atoms with Gasteiger partial charge in [-0.3, -0.25) is 0 Å². The van der Waals surface area contributed by atoms with Crippen molar-refractivity contribution in [3.8, 4) is 0 Å². The molecule has 2 rings (SSSR count). The molecule has 120 valence electrons. The van der Waals surface area contributed by atoms with Crippen LogP contribution in [0.4, 0.5) is 0 Å². The van der Waals surface area contributed by atoms with Crippen molar-refractivity contribution >= 4 is 21.8 Å². The Morgan fingerprint density at radius 2 is 2.05 bits per heavy atom. The number of benzene rings is 1. The van der Waals surface area contributed by atoms with Gasteiger partial charge in [-0.15, -0.1) is 5.10 Å². The molecule has 0 saturated heterocycles. The van der Waals surface area contributed by atoms with Crippen LogP contribution in [0.2, 0.25) is 0 Å². The molecule has 0 atom stereocenters. The van der Waals surface area contributed by atoms with E-state index in [4.69, 9.17) is 0 Å². The number of thioether (sulfide) groups is 1. The topological polar surface area (TPSA) is 81.0 Å². The van der Waals surface area contributed by atoms with Crippen molar-refractivity contribution < 1.29 is 8.42 Å². The minimum atomic E-state index is -3.41. The number of sulfonamides is 1. The molecule has 0 amide bonds. The smallest absolute Gasteiger partial charge is 0.218 e. The monoisotopic (exact) mass is 341 g/mol. The van der Waals surface area contributed by atoms with E-state index in [1.165, 1.54) is 30.2 Å². The third-order valence-corrected chi connectivity index (χ3v) is 5.81. The minimum absolute atomic E-state index is 0.179. The number of hydrogen-bond donors (Lipinski definition) is 0. The van der Waals surface area contributed by atoms with Gasteiger partial charge in [-0.05, 0) is 42.0 Å². The number of hydrogen-bond acceptors (Lipinski definition) is 6. The molecule has 22 heavy (non-hydrogen) atoms. The van der Waals surface area contributed by atoms with Gasteiger partial charge in [-0.1, -0.05) is 23.9 Å². The molecule has 1 heterocycles. The predicted octanol–water partition coefficient (Wildman–Crippen LogP) is 1.80. The molecule has 0 aliphatic rings. The Balaban J connectivity index is 2.16. The third-order valence-electron chi connectivity index (χ3n) is 3.00. The van der Waals surface area contributed by atoms with Crippen molar-refractivity contribution in [2.75, 3.05) is 14.1 Å². The zero-order valence-electron chi connectivity index (χ0n) is 13.0. The highest BCUT2D eigenvalue weighted by molar-refractivity contribution is 7.98. The number of rotatable bonds is 6. The first-order chi connectivity index (χ1) is 10.3. The molecule has 9 heteroatoms. The van der Waals surface area contributed by atoms with Crippen molar-refractivity contribution in [1.82, 2.24) is 24.5 Å². The summed E-state index contributed by atoms with van der Waals surface area (Å²) in [6, 6.07) is 7.11. The fourth-order valence-corrected chi connectivity index (χ4v) is 3.68. The van der Waals surface area contributed by atoms with E-state index < -0.39 is 10.0 Å². The Morgan fingerprint density at radius 1 is 1.32 bits per heavy atom. The average molecular weight is 341 g/mol. The minimum Gasteiger partial charge on any atom is -0.218 e. The summed E-state index contributed by atoms with van der Waals surface area (Å²) >= 11 is 1.48. The number of tetrazole rings is 1. The zero-order valence-corrected chi connectivity index (χ0v) is 14.6. The lowest BCUT2D eigenvalue weighted by atomic mass is 10.2. The van der Waals surface area contributed by atoms with Gasteiger partial charge in [0.2, 0.25) is 15.2 Å². The molecule has 0 saturated carbocycles. The molecule has 1 aromatic heterocycles. The highest BCUT2D eigenvalue weighted by Gasteiger charge is 2.17. The molecule has 0 radical (unpaired) electrons. The van der Waals surface area contributed by atoms with Gasteiger partial charge >= 0.3 is 0 Å². The van der Waals surface area contributed by atoms with Gasteiger partial charge in [0.05, 0.1) is 10.9 Å². The highest BCUT2D eigenvalue weighted by atomic mass is 32.2. The summed E-state index contributed by atoms with van der Waals surface area (Å²) in [7, 11) is -0.372. The molecule has 2 aromatic rings. The van der Waals surface area contributed by atoms with Crippen LogP contribution in [-0.4, -0.2) is 47.0 Å². The van der Waals surface area contributed by atoms with E-state index in [-0.39, 0.29) is 6.04 Å². The van der Waals surface area contributed by atoms with Crippen LogP contribution in [0, 0.1) is 0 Å². The van der Waals surface area contributed by atoms with Crippen LogP contribution in [0.15, 0.2) is 34.3 Å². The van der Waals surface area contributed by atoms with Gasteiger partial charge in [0, 0.05) is 19.8 Å². The molecule has 0 N–H and O–H groups in total. The van der Waals surface area contributed by atoms with E-state index >= 15 is 0 Å². The number of aromatic nitrogens is 4. The lowest BCUT2D eigenvalue weighted by Gasteiger charge is -2.12. The van der Waals surface area contributed by atoms with Crippen molar-refractivity contribution in [3.63, 3.8) is 0 Å². The first kappa shape index (κ1) is 16.9. The van der Waals surface area contributed by atoms with Gasteiger partial charge < -0.3 is 0 Å². The van der Waals surface area contributed by atoms with Crippen LogP contribution < -0.4 is 0 Å². The molecule has 0 spiro atoms. The van der Waals surface area contributed by atoms with Crippen molar-refractivity contribution in [3.05, 3.63) is 29.8 Å². The van der Waals surface area contributed by atoms with Crippen LogP contribution in [0.5, 0.6) is 0 Å². The molecule has 0 aliphatic heterocycles. The Morgan fingerprint density at radius 3 is 2.68 bits per heavy atom. The van der Waals surface area contributed by atoms with Crippen molar-refractivity contribution in [1.29, 1.82) is 0 Å². The van der Waals surface area contributed by atoms with Crippen LogP contribution in [-0.2, 0) is 15.8 Å². The fourth-order valence-electron chi connectivity index (χ4n) is 1.76. The van der Waals surface area contributed by atoms with E-state index in [1.807, 2.05) is 19.9 Å². The van der Waals surface area contributed by atoms with Crippen LogP contribution in [0.1, 0.15) is 25.5 Å². The van der Waals surface area contributed by atoms with Crippen LogP contribution in [0.25, 0.3) is 0 Å². The summed E-state index contributed by atoms with van der Waals surface area (Å²) in [5.41, 5.74) is 0.909. The van der Waals surface area contributed by atoms with E-state index in [0.717, 1.165) is 10.7 Å². The van der Waals surface area contributed by atoms with Crippen LogP contribution >= 0.6 is 11.8 Å². The SMILES string of the molecule is CC(C)n1nnnc1SCc1cccc(S(=O)(=O)N(C)C)c1. The van der Waals surface area contributed by atoms with Gasteiger partial charge in [0.25, 0.3) is 0 Å². The van der Waals surface area contributed by atoms with E-state index in [9.17, 15) is 8.42 Å². The summed E-state index contributed by atoms with van der Waals surface area (Å²) in [4.78, 5) is 0.291. The van der Waals surface area contributed by atoms with Gasteiger partial charge in [-0.25, -0.2) is 17.4 Å². The summed E-state index contributed by atoms with van der Waals surface area (Å²) in [6.07, 6.45) is 0. The van der Waals surface area contributed by atoms with Gasteiger partial charge in [0.1, 0.15) is 0 Å². The first-order valence-electron chi connectivity index (χ1n) is 6.74. The maximum atomic E-state index is 12.1. The molecule has 0 unspecified atom stereocenters. The zero-order chi connectivity index (χ0) is 16.3. The van der Waals surface area contributed by atoms with Crippen LogP contribution in [0.3, 0.4) is 0 Å². The largest absolute Gasteiger partial charge is 0.242 e. The standard InChI is InChI=1S/C13H19N5O2S2/c1-10(2)18-13(14-15-16-18)21-9-11-6-5-7-12(8-11)22(19,20)17(3)4/h5-8,10H,9H2,1-4H3. The second-order valence-corrected chi connectivity index (χ2v) is 8.32. The quantitative estimate of drug-likeness (QED) is 0.745. The Kier molecular flexibility index (Phi) is 5.20. The molecule has 7 nitrogen and oxygen atoms in total. The summed E-state index contributed by atoms with van der Waals surface area (Å²) in [5.74, 6) is 0.601. The normalized spacial score (nSPS) is 12.3. The summed E-state index contributed by atoms with van der Waals surface area (Å²) < 4.78 is 27.2. The third kappa shape index (κ3) is 3.65. The average Bonchev–Trinajstić information content (AvgIpc) is 2.94. The maximum Gasteiger partial charge on any atom is 0.242 e. The lowest BCUT2D eigenvalue weighted by molar-refractivity contribution is 0.477. The molecule has 0 bridgehead atoms. The summed E-state index contributed by atoms with van der Waals surface area (Å²) in [5, 5.41) is 12.3. The van der Waals surface area contributed by atoms with Gasteiger partial charge in [-0.2, -0.15) is 0 Å². The van der Waals surface area contributed by atoms with E-state index in [0.29, 0.717) is 10.6 Å². The molecular formula is C13H19N5O2S2. The molecule has 1 aromatic carbocycles. The fraction of sp³-hybridized carbons (Fsp3) is 0.462. The predicted molar refractivity (Wildman–Crippen MR) is 85.1 cm³/mol. The van der Waals surface area contributed by atoms with E-state index in [1.54, 1.807) is 22.9 Å². The molecule has 0 fully saturated rings. The van der Waals surface area contributed by atoms with Crippen molar-refractivity contribution in [2.45, 2.75) is 35.7 Å². The van der Waals surface area contributed by atoms with Crippen molar-refractivity contribution in [2.24, 2.45) is 0 Å². The highest BCUT2D eigenvalue weighted by Crippen LogP contribution is 2.24. The van der Waals surface area contributed by atoms with Gasteiger partial charge in [0.15, 0.2) is 0 Å². The second kappa shape index (κ2) is 6.76. The Labute approximate surface area is 134 Å². The van der Waals surface area contributed by atoms with E-state index in [2.05, 4.69) is 15.5 Å². The first-order valence-corrected chi connectivity index (χ1v) is 9.17. The Hall–Kier alpha value is -1.45.